The number of rotatable bonds is 1. The van der Waals surface area contributed by atoms with E-state index in [1.807, 2.05) is 20.8 Å². The molecular weight excluding hydrogens is 146 g/mol. The fourth-order valence-electron chi connectivity index (χ4n) is 1.70. The van der Waals surface area contributed by atoms with E-state index in [0.29, 0.717) is 0 Å². The van der Waals surface area contributed by atoms with Gasteiger partial charge in [-0.3, -0.25) is 4.90 Å². The second-order valence-electron chi connectivity index (χ2n) is 3.57. The van der Waals surface area contributed by atoms with Crippen LogP contribution in [-0.2, 0) is 0 Å². The Morgan fingerprint density at radius 3 is 2.25 bits per heavy atom. The Kier molecular flexibility index (Phi) is 3.17. The van der Waals surface area contributed by atoms with E-state index in [0.717, 1.165) is 12.0 Å². The number of hydrogen-bond acceptors (Lipinski definition) is 1. The van der Waals surface area contributed by atoms with Gasteiger partial charge < -0.3 is 0 Å². The highest BCUT2D eigenvalue weighted by molar-refractivity contribution is 5.09. The maximum atomic E-state index is 3.09. The Bertz CT molecular complexity index is 185. The Hall–Kier alpha value is -0.480. The highest BCUT2D eigenvalue weighted by Gasteiger charge is 2.51. The monoisotopic (exact) mass is 165 g/mol. The van der Waals surface area contributed by atoms with E-state index >= 15 is 0 Å². The molecule has 0 amide bonds. The third kappa shape index (κ3) is 2.01. The van der Waals surface area contributed by atoms with E-state index < -0.39 is 0 Å². The van der Waals surface area contributed by atoms with E-state index in [1.165, 1.54) is 25.9 Å². The lowest BCUT2D eigenvalue weighted by molar-refractivity contribution is 0.0984. The molecule has 0 aromatic carbocycles. The highest BCUT2D eigenvalue weighted by atomic mass is 15.2. The predicted molar refractivity (Wildman–Crippen MR) is 52.9 cm³/mol. The number of nitrogens with zero attached hydrogens (tertiary/aromatic N) is 1. The minimum Gasteiger partial charge on any atom is -0.291 e. The van der Waals surface area contributed by atoms with Gasteiger partial charge in [0.1, 0.15) is 0 Å². The van der Waals surface area contributed by atoms with E-state index in [4.69, 9.17) is 0 Å². The van der Waals surface area contributed by atoms with Crippen molar-refractivity contribution in [3.8, 4) is 11.8 Å². The minimum atomic E-state index is 0.801. The first kappa shape index (κ1) is 9.61. The zero-order valence-electron chi connectivity index (χ0n) is 8.48. The number of likely N-dealkylation sites (tertiary alicyclic amines) is 1. The van der Waals surface area contributed by atoms with Gasteiger partial charge in [0.2, 0.25) is 0 Å². The molecule has 1 aliphatic heterocycles. The first-order valence-electron chi connectivity index (χ1n) is 4.97. The molecule has 68 valence electrons. The normalized spacial score (nSPS) is 22.9. The van der Waals surface area contributed by atoms with Gasteiger partial charge in [-0.25, -0.2) is 0 Å². The van der Waals surface area contributed by atoms with E-state index in [1.54, 1.807) is 0 Å². The summed E-state index contributed by atoms with van der Waals surface area (Å²) in [5.41, 5.74) is 0.801. The smallest absolute Gasteiger partial charge is 0.0601 e. The summed E-state index contributed by atoms with van der Waals surface area (Å²) < 4.78 is 0. The Morgan fingerprint density at radius 2 is 1.83 bits per heavy atom. The van der Waals surface area contributed by atoms with E-state index in [9.17, 15) is 0 Å². The summed E-state index contributed by atoms with van der Waals surface area (Å²) in [6, 6.07) is 0. The third-order valence-electron chi connectivity index (χ3n) is 2.55. The van der Waals surface area contributed by atoms with Crippen molar-refractivity contribution in [3.63, 3.8) is 0 Å². The van der Waals surface area contributed by atoms with Gasteiger partial charge in [-0.05, 0) is 25.2 Å². The van der Waals surface area contributed by atoms with Crippen LogP contribution >= 0.6 is 0 Å². The summed E-state index contributed by atoms with van der Waals surface area (Å²) in [6.07, 6.45) is 2.95. The van der Waals surface area contributed by atoms with Gasteiger partial charge in [0.05, 0.1) is 6.54 Å². The average Bonchev–Trinajstić information content (AvgIpc) is 2.82. The zero-order chi connectivity index (χ0) is 9.03. The third-order valence-corrected chi connectivity index (χ3v) is 2.55. The van der Waals surface area contributed by atoms with Crippen LogP contribution in [-0.4, -0.2) is 24.5 Å². The van der Waals surface area contributed by atoms with Crippen LogP contribution in [0.2, 0.25) is 0 Å². The van der Waals surface area contributed by atoms with Crippen molar-refractivity contribution in [2.24, 2.45) is 5.41 Å². The predicted octanol–water partition coefficient (Wildman–Crippen LogP) is 2.13. The summed E-state index contributed by atoms with van der Waals surface area (Å²) in [6.45, 7) is 9.55. The first-order chi connectivity index (χ1) is 5.85. The molecule has 2 rings (SSSR count). The molecule has 0 atom stereocenters. The van der Waals surface area contributed by atoms with Gasteiger partial charge in [0.25, 0.3) is 0 Å². The number of hydrogen-bond donors (Lipinski definition) is 0. The van der Waals surface area contributed by atoms with Gasteiger partial charge in [-0.1, -0.05) is 19.8 Å². The molecule has 0 radical (unpaired) electrons. The molecule has 1 heterocycles. The van der Waals surface area contributed by atoms with Gasteiger partial charge >= 0.3 is 0 Å². The molecule has 0 N–H and O–H groups in total. The van der Waals surface area contributed by atoms with Crippen LogP contribution in [0.25, 0.3) is 0 Å². The summed E-state index contributed by atoms with van der Waals surface area (Å²) >= 11 is 0. The molecule has 1 nitrogen and oxygen atoms in total. The van der Waals surface area contributed by atoms with Crippen LogP contribution in [0.3, 0.4) is 0 Å². The van der Waals surface area contributed by atoms with Crippen molar-refractivity contribution in [2.45, 2.75) is 33.6 Å². The van der Waals surface area contributed by atoms with Crippen LogP contribution in [0.4, 0.5) is 0 Å². The molecule has 0 bridgehead atoms. The van der Waals surface area contributed by atoms with Crippen molar-refractivity contribution in [2.75, 3.05) is 19.6 Å². The van der Waals surface area contributed by atoms with Gasteiger partial charge in [-0.2, -0.15) is 0 Å². The highest BCUT2D eigenvalue weighted by Crippen LogP contribution is 2.52. The fourth-order valence-corrected chi connectivity index (χ4v) is 1.70. The van der Waals surface area contributed by atoms with Crippen LogP contribution < -0.4 is 0 Å². The summed E-state index contributed by atoms with van der Waals surface area (Å²) in [5, 5.41) is 0. The second kappa shape index (κ2) is 3.96. The molecule has 2 fully saturated rings. The standard InChI is InChI=1S/C9H13N.C2H6/c1-2-3-6-10-7-9(8-10)4-5-9;1-2/h4-8H2,1H3;1-2H3. The van der Waals surface area contributed by atoms with E-state index in [-0.39, 0.29) is 0 Å². The molecule has 0 aromatic heterocycles. The first-order valence-corrected chi connectivity index (χ1v) is 4.97. The van der Waals surface area contributed by atoms with Crippen LogP contribution in [0.1, 0.15) is 33.6 Å². The summed E-state index contributed by atoms with van der Waals surface area (Å²) in [4.78, 5) is 2.43. The van der Waals surface area contributed by atoms with Gasteiger partial charge in [-0.15, -0.1) is 5.92 Å². The average molecular weight is 165 g/mol. The summed E-state index contributed by atoms with van der Waals surface area (Å²) in [5.74, 6) is 6.01. The fraction of sp³-hybridized carbons (Fsp3) is 0.818. The summed E-state index contributed by atoms with van der Waals surface area (Å²) in [7, 11) is 0. The van der Waals surface area contributed by atoms with Crippen LogP contribution in [0.15, 0.2) is 0 Å². The minimum absolute atomic E-state index is 0.801. The maximum absolute atomic E-state index is 3.09. The molecule has 12 heavy (non-hydrogen) atoms. The Morgan fingerprint density at radius 1 is 1.25 bits per heavy atom. The SMILES string of the molecule is CC.CC#CCN1CC2(CC2)C1. The lowest BCUT2D eigenvalue weighted by Gasteiger charge is -2.38. The van der Waals surface area contributed by atoms with Gasteiger partial charge in [0.15, 0.2) is 0 Å². The van der Waals surface area contributed by atoms with Crippen molar-refractivity contribution >= 4 is 0 Å². The topological polar surface area (TPSA) is 3.24 Å². The largest absolute Gasteiger partial charge is 0.291 e. The molecule has 0 aromatic rings. The van der Waals surface area contributed by atoms with Crippen molar-refractivity contribution in [3.05, 3.63) is 0 Å². The Balaban J connectivity index is 0.000000336. The Labute approximate surface area is 76.1 Å². The lowest BCUT2D eigenvalue weighted by Crippen LogP contribution is -2.48. The van der Waals surface area contributed by atoms with Crippen molar-refractivity contribution in [1.29, 1.82) is 0 Å². The van der Waals surface area contributed by atoms with Gasteiger partial charge in [0, 0.05) is 13.1 Å². The lowest BCUT2D eigenvalue weighted by atomic mass is 9.97. The zero-order valence-corrected chi connectivity index (χ0v) is 8.48. The molecular formula is C11H19N. The van der Waals surface area contributed by atoms with Crippen molar-refractivity contribution in [1.82, 2.24) is 4.90 Å². The molecule has 1 heteroatoms. The molecule has 1 saturated heterocycles. The second-order valence-corrected chi connectivity index (χ2v) is 3.57. The molecule has 0 unspecified atom stereocenters. The molecule has 1 spiro atoms. The van der Waals surface area contributed by atoms with E-state index in [2.05, 4.69) is 16.7 Å². The van der Waals surface area contributed by atoms with Crippen LogP contribution in [0, 0.1) is 17.3 Å². The quantitative estimate of drug-likeness (QED) is 0.538. The maximum Gasteiger partial charge on any atom is 0.0601 e. The van der Waals surface area contributed by atoms with Crippen molar-refractivity contribution < 1.29 is 0 Å². The molecule has 1 aliphatic carbocycles. The molecule has 2 aliphatic rings. The van der Waals surface area contributed by atoms with Crippen LogP contribution in [0.5, 0.6) is 0 Å². The molecule has 1 saturated carbocycles.